The monoisotopic (exact) mass is 380 g/mol. The summed E-state index contributed by atoms with van der Waals surface area (Å²) >= 11 is 0. The summed E-state index contributed by atoms with van der Waals surface area (Å²) in [5, 5.41) is 19.0. The van der Waals surface area contributed by atoms with E-state index in [1.165, 1.54) is 18.3 Å². The molecule has 0 fully saturated rings. The molecule has 2 N–H and O–H groups in total. The SMILES string of the molecule is Cc1c(-c2ccc(F)c3[nH]ncc23)c(F)cc2c1-n1c(C)nnc1C(C)(C)N2. The van der Waals surface area contributed by atoms with Crippen molar-refractivity contribution in [3.8, 4) is 16.8 Å². The van der Waals surface area contributed by atoms with Crippen molar-refractivity contribution in [2.24, 2.45) is 0 Å². The van der Waals surface area contributed by atoms with E-state index < -0.39 is 11.4 Å². The molecule has 6 nitrogen and oxygen atoms in total. The smallest absolute Gasteiger partial charge is 0.162 e. The molecule has 0 amide bonds. The van der Waals surface area contributed by atoms with E-state index in [-0.39, 0.29) is 11.3 Å². The van der Waals surface area contributed by atoms with Crippen LogP contribution in [0.1, 0.15) is 31.1 Å². The Hall–Kier alpha value is -3.29. The van der Waals surface area contributed by atoms with Gasteiger partial charge in [0.15, 0.2) is 5.82 Å². The Bertz CT molecular complexity index is 1270. The molecule has 1 aliphatic rings. The summed E-state index contributed by atoms with van der Waals surface area (Å²) in [5.74, 6) is 0.667. The molecule has 0 saturated carbocycles. The molecule has 0 saturated heterocycles. The predicted octanol–water partition coefficient (Wildman–Crippen LogP) is 4.37. The highest BCUT2D eigenvalue weighted by Gasteiger charge is 2.36. The lowest BCUT2D eigenvalue weighted by molar-refractivity contribution is 0.532. The molecule has 2 aromatic heterocycles. The summed E-state index contributed by atoms with van der Waals surface area (Å²) in [6.45, 7) is 7.68. The van der Waals surface area contributed by atoms with Crippen LogP contribution in [-0.4, -0.2) is 25.0 Å². The minimum absolute atomic E-state index is 0.259. The van der Waals surface area contributed by atoms with Crippen molar-refractivity contribution in [1.82, 2.24) is 25.0 Å². The summed E-state index contributed by atoms with van der Waals surface area (Å²) in [7, 11) is 0. The highest BCUT2D eigenvalue weighted by molar-refractivity contribution is 5.97. The number of rotatable bonds is 1. The standard InChI is InChI=1S/C20H18F2N6/c1-9-16(11-5-6-13(21)17-12(11)8-23-26-17)14(22)7-15-18(9)28-10(2)25-27-19(28)20(3,4)24-15/h5-8,24H,1-4H3,(H,23,26). The average Bonchev–Trinajstić information content (AvgIpc) is 3.25. The van der Waals surface area contributed by atoms with Gasteiger partial charge in [-0.1, -0.05) is 6.07 Å². The molecule has 8 heteroatoms. The summed E-state index contributed by atoms with van der Waals surface area (Å²) in [4.78, 5) is 0. The molecular weight excluding hydrogens is 362 g/mol. The molecule has 4 aromatic rings. The maximum atomic E-state index is 15.3. The minimum Gasteiger partial charge on any atom is -0.371 e. The molecule has 142 valence electrons. The first-order valence-corrected chi connectivity index (χ1v) is 8.95. The van der Waals surface area contributed by atoms with Gasteiger partial charge in [0.1, 0.15) is 23.0 Å². The lowest BCUT2D eigenvalue weighted by Crippen LogP contribution is -2.36. The van der Waals surface area contributed by atoms with E-state index in [9.17, 15) is 4.39 Å². The van der Waals surface area contributed by atoms with Gasteiger partial charge in [0, 0.05) is 10.9 Å². The van der Waals surface area contributed by atoms with Gasteiger partial charge < -0.3 is 5.32 Å². The molecule has 2 aromatic carbocycles. The van der Waals surface area contributed by atoms with E-state index >= 15 is 4.39 Å². The molecule has 0 atom stereocenters. The van der Waals surface area contributed by atoms with Gasteiger partial charge in [0.25, 0.3) is 0 Å². The third-order valence-electron chi connectivity index (χ3n) is 5.38. The van der Waals surface area contributed by atoms with Crippen molar-refractivity contribution in [1.29, 1.82) is 0 Å². The number of aryl methyl sites for hydroxylation is 1. The second kappa shape index (κ2) is 5.37. The fraction of sp³-hybridized carbons (Fsp3) is 0.250. The van der Waals surface area contributed by atoms with Crippen LogP contribution in [0.3, 0.4) is 0 Å². The number of benzene rings is 2. The Balaban J connectivity index is 1.86. The Morgan fingerprint density at radius 1 is 1.07 bits per heavy atom. The van der Waals surface area contributed by atoms with Crippen LogP contribution >= 0.6 is 0 Å². The fourth-order valence-corrected chi connectivity index (χ4v) is 4.13. The van der Waals surface area contributed by atoms with Gasteiger partial charge in [-0.05, 0) is 51.0 Å². The van der Waals surface area contributed by atoms with E-state index in [0.717, 1.165) is 22.9 Å². The third-order valence-corrected chi connectivity index (χ3v) is 5.38. The second-order valence-corrected chi connectivity index (χ2v) is 7.66. The Labute approximate surface area is 159 Å². The molecule has 0 spiro atoms. The number of nitrogens with zero attached hydrogens (tertiary/aromatic N) is 4. The number of fused-ring (bicyclic) bond motifs is 4. The van der Waals surface area contributed by atoms with Crippen molar-refractivity contribution in [2.45, 2.75) is 33.2 Å². The molecule has 3 heterocycles. The van der Waals surface area contributed by atoms with Crippen molar-refractivity contribution in [2.75, 3.05) is 5.32 Å². The largest absolute Gasteiger partial charge is 0.371 e. The number of halogens is 2. The number of aromatic nitrogens is 5. The summed E-state index contributed by atoms with van der Waals surface area (Å²) in [6.07, 6.45) is 1.52. The molecule has 0 aliphatic carbocycles. The van der Waals surface area contributed by atoms with E-state index in [4.69, 9.17) is 0 Å². The molecule has 0 unspecified atom stereocenters. The van der Waals surface area contributed by atoms with Crippen LogP contribution in [0.5, 0.6) is 0 Å². The maximum absolute atomic E-state index is 15.3. The van der Waals surface area contributed by atoms with Gasteiger partial charge in [-0.2, -0.15) is 5.10 Å². The van der Waals surface area contributed by atoms with Crippen LogP contribution < -0.4 is 5.32 Å². The number of hydrogen-bond donors (Lipinski definition) is 2. The van der Waals surface area contributed by atoms with Crippen LogP contribution in [0.15, 0.2) is 24.4 Å². The first-order chi connectivity index (χ1) is 13.3. The lowest BCUT2D eigenvalue weighted by Gasteiger charge is -2.35. The van der Waals surface area contributed by atoms with Crippen LogP contribution in [0.4, 0.5) is 14.5 Å². The van der Waals surface area contributed by atoms with Crippen LogP contribution in [-0.2, 0) is 5.54 Å². The first kappa shape index (κ1) is 16.9. The molecule has 5 rings (SSSR count). The highest BCUT2D eigenvalue weighted by Crippen LogP contribution is 2.43. The third kappa shape index (κ3) is 2.08. The molecular formula is C20H18F2N6. The molecule has 0 bridgehead atoms. The predicted molar refractivity (Wildman–Crippen MR) is 102 cm³/mol. The number of H-pyrrole nitrogens is 1. The topological polar surface area (TPSA) is 71.4 Å². The van der Waals surface area contributed by atoms with E-state index in [0.29, 0.717) is 22.2 Å². The van der Waals surface area contributed by atoms with Crippen molar-refractivity contribution >= 4 is 16.6 Å². The molecule has 1 aliphatic heterocycles. The van der Waals surface area contributed by atoms with Crippen molar-refractivity contribution in [3.05, 3.63) is 53.2 Å². The van der Waals surface area contributed by atoms with Crippen LogP contribution in [0, 0.1) is 25.5 Å². The number of hydrogen-bond acceptors (Lipinski definition) is 4. The number of nitrogens with one attached hydrogen (secondary N) is 2. The fourth-order valence-electron chi connectivity index (χ4n) is 4.13. The van der Waals surface area contributed by atoms with Crippen molar-refractivity contribution < 1.29 is 8.78 Å². The van der Waals surface area contributed by atoms with Crippen LogP contribution in [0.25, 0.3) is 27.7 Å². The number of aromatic amines is 1. The summed E-state index contributed by atoms with van der Waals surface area (Å²) in [5.41, 5.74) is 2.94. The zero-order chi connectivity index (χ0) is 19.8. The van der Waals surface area contributed by atoms with E-state index in [2.05, 4.69) is 25.7 Å². The van der Waals surface area contributed by atoms with Gasteiger partial charge in [0.05, 0.1) is 23.1 Å². The molecule has 0 radical (unpaired) electrons. The zero-order valence-corrected chi connectivity index (χ0v) is 15.9. The maximum Gasteiger partial charge on any atom is 0.162 e. The zero-order valence-electron chi connectivity index (χ0n) is 15.9. The van der Waals surface area contributed by atoms with Gasteiger partial charge in [-0.15, -0.1) is 10.2 Å². The van der Waals surface area contributed by atoms with Crippen LogP contribution in [0.2, 0.25) is 0 Å². The summed E-state index contributed by atoms with van der Waals surface area (Å²) in [6, 6.07) is 4.40. The minimum atomic E-state index is -0.498. The second-order valence-electron chi connectivity index (χ2n) is 7.66. The van der Waals surface area contributed by atoms with Crippen molar-refractivity contribution in [3.63, 3.8) is 0 Å². The normalized spacial score (nSPS) is 14.6. The van der Waals surface area contributed by atoms with Gasteiger partial charge in [-0.3, -0.25) is 9.67 Å². The van der Waals surface area contributed by atoms with Gasteiger partial charge in [-0.25, -0.2) is 8.78 Å². The first-order valence-electron chi connectivity index (χ1n) is 8.95. The summed E-state index contributed by atoms with van der Waals surface area (Å²) < 4.78 is 31.4. The Morgan fingerprint density at radius 2 is 1.86 bits per heavy atom. The van der Waals surface area contributed by atoms with E-state index in [1.807, 2.05) is 32.3 Å². The van der Waals surface area contributed by atoms with E-state index in [1.54, 1.807) is 6.07 Å². The van der Waals surface area contributed by atoms with Gasteiger partial charge in [0.2, 0.25) is 0 Å². The Morgan fingerprint density at radius 3 is 2.64 bits per heavy atom. The van der Waals surface area contributed by atoms with Gasteiger partial charge >= 0.3 is 0 Å². The quantitative estimate of drug-likeness (QED) is 0.515. The average molecular weight is 380 g/mol. The Kier molecular flexibility index (Phi) is 3.23. The lowest BCUT2D eigenvalue weighted by atomic mass is 9.92. The molecule has 28 heavy (non-hydrogen) atoms. The highest BCUT2D eigenvalue weighted by atomic mass is 19.1. The number of anilines is 1.